The van der Waals surface area contributed by atoms with Crippen molar-refractivity contribution in [1.29, 1.82) is 0 Å². The summed E-state index contributed by atoms with van der Waals surface area (Å²) in [7, 11) is 0. The number of hydrogen-bond donors (Lipinski definition) is 0. The summed E-state index contributed by atoms with van der Waals surface area (Å²) in [6.07, 6.45) is 0. The number of anilines is 3. The Morgan fingerprint density at radius 1 is 0.415 bits per heavy atom. The SMILES string of the molecule is c1ccc(-c2ccc(N(c3ccc4c(c3)sc3c(-c5ccccc5)cccc34)c3cccc4ccc5ccccc5c34)c3c2oc2ccccc23)cc1. The number of hydrogen-bond acceptors (Lipinski definition) is 3. The van der Waals surface area contributed by atoms with Crippen molar-refractivity contribution < 1.29 is 4.42 Å². The summed E-state index contributed by atoms with van der Waals surface area (Å²) < 4.78 is 9.36. The molecule has 9 aromatic carbocycles. The van der Waals surface area contributed by atoms with Gasteiger partial charge in [-0.25, -0.2) is 0 Å². The molecule has 0 fully saturated rings. The van der Waals surface area contributed by atoms with Crippen LogP contribution in [0.2, 0.25) is 0 Å². The molecule has 2 nitrogen and oxygen atoms in total. The smallest absolute Gasteiger partial charge is 0.145 e. The molecule has 0 saturated carbocycles. The lowest BCUT2D eigenvalue weighted by Gasteiger charge is -2.28. The Bertz CT molecular complexity index is 3180. The van der Waals surface area contributed by atoms with E-state index in [0.717, 1.165) is 50.1 Å². The average molecular weight is 694 g/mol. The highest BCUT2D eigenvalue weighted by molar-refractivity contribution is 7.26. The Balaban J connectivity index is 1.24. The molecule has 53 heavy (non-hydrogen) atoms. The van der Waals surface area contributed by atoms with Crippen LogP contribution in [0.5, 0.6) is 0 Å². The minimum atomic E-state index is 0.879. The van der Waals surface area contributed by atoms with Crippen molar-refractivity contribution in [3.8, 4) is 22.3 Å². The maximum atomic E-state index is 6.80. The summed E-state index contributed by atoms with van der Waals surface area (Å²) >= 11 is 1.87. The Kier molecular flexibility index (Phi) is 6.76. The van der Waals surface area contributed by atoms with Gasteiger partial charge in [-0.15, -0.1) is 11.3 Å². The number of furan rings is 1. The van der Waals surface area contributed by atoms with Crippen LogP contribution in [0.25, 0.3) is 85.9 Å². The molecule has 248 valence electrons. The molecule has 0 radical (unpaired) electrons. The molecule has 2 heterocycles. The van der Waals surface area contributed by atoms with Gasteiger partial charge in [0.15, 0.2) is 0 Å². The number of para-hydroxylation sites is 1. The molecule has 2 aromatic heterocycles. The molecule has 0 aliphatic rings. The number of thiophene rings is 1. The third-order valence-corrected chi connectivity index (χ3v) is 11.8. The minimum absolute atomic E-state index is 0.879. The molecule has 0 bridgehead atoms. The van der Waals surface area contributed by atoms with Crippen molar-refractivity contribution in [1.82, 2.24) is 0 Å². The Morgan fingerprint density at radius 2 is 1.08 bits per heavy atom. The quantitative estimate of drug-likeness (QED) is 0.167. The largest absolute Gasteiger partial charge is 0.455 e. The van der Waals surface area contributed by atoms with E-state index < -0.39 is 0 Å². The zero-order valence-electron chi connectivity index (χ0n) is 28.7. The zero-order chi connectivity index (χ0) is 34.9. The van der Waals surface area contributed by atoms with Crippen molar-refractivity contribution in [2.75, 3.05) is 4.90 Å². The number of benzene rings is 9. The van der Waals surface area contributed by atoms with Crippen LogP contribution < -0.4 is 4.90 Å². The lowest BCUT2D eigenvalue weighted by atomic mass is 9.97. The Morgan fingerprint density at radius 3 is 1.92 bits per heavy atom. The number of rotatable bonds is 5. The second-order valence-electron chi connectivity index (χ2n) is 13.6. The molecule has 0 saturated heterocycles. The second-order valence-corrected chi connectivity index (χ2v) is 14.7. The van der Waals surface area contributed by atoms with Gasteiger partial charge in [-0.2, -0.15) is 0 Å². The van der Waals surface area contributed by atoms with Crippen LogP contribution in [0, 0.1) is 0 Å². The van der Waals surface area contributed by atoms with Gasteiger partial charge in [0.1, 0.15) is 11.2 Å². The van der Waals surface area contributed by atoms with Crippen LogP contribution in [0.1, 0.15) is 0 Å². The van der Waals surface area contributed by atoms with Gasteiger partial charge >= 0.3 is 0 Å². The topological polar surface area (TPSA) is 16.4 Å². The van der Waals surface area contributed by atoms with Crippen molar-refractivity contribution in [2.45, 2.75) is 0 Å². The molecular weight excluding hydrogens is 663 g/mol. The van der Waals surface area contributed by atoms with Gasteiger partial charge in [-0.3, -0.25) is 0 Å². The first-order valence-electron chi connectivity index (χ1n) is 18.0. The highest BCUT2D eigenvalue weighted by atomic mass is 32.1. The van der Waals surface area contributed by atoms with Crippen molar-refractivity contribution in [3.05, 3.63) is 188 Å². The van der Waals surface area contributed by atoms with Crippen LogP contribution in [-0.4, -0.2) is 0 Å². The summed E-state index contributed by atoms with van der Waals surface area (Å²) in [5.74, 6) is 0. The molecule has 11 rings (SSSR count). The Hall–Kier alpha value is -6.68. The van der Waals surface area contributed by atoms with Gasteiger partial charge in [0.05, 0.1) is 16.8 Å². The van der Waals surface area contributed by atoms with E-state index in [1.165, 1.54) is 52.8 Å². The maximum Gasteiger partial charge on any atom is 0.145 e. The molecule has 0 N–H and O–H groups in total. The average Bonchev–Trinajstić information content (AvgIpc) is 3.80. The van der Waals surface area contributed by atoms with E-state index >= 15 is 0 Å². The maximum absolute atomic E-state index is 6.80. The predicted octanol–water partition coefficient (Wildman–Crippen LogP) is 15.1. The van der Waals surface area contributed by atoms with E-state index in [0.29, 0.717) is 0 Å². The van der Waals surface area contributed by atoms with E-state index in [1.807, 2.05) is 11.3 Å². The highest BCUT2D eigenvalue weighted by Crippen LogP contribution is 2.50. The molecule has 0 aliphatic carbocycles. The molecule has 11 aromatic rings. The zero-order valence-corrected chi connectivity index (χ0v) is 29.5. The van der Waals surface area contributed by atoms with Crippen LogP contribution >= 0.6 is 11.3 Å². The van der Waals surface area contributed by atoms with E-state index in [9.17, 15) is 0 Å². The van der Waals surface area contributed by atoms with E-state index in [-0.39, 0.29) is 0 Å². The van der Waals surface area contributed by atoms with Gasteiger partial charge in [0, 0.05) is 42.2 Å². The van der Waals surface area contributed by atoms with Gasteiger partial charge < -0.3 is 9.32 Å². The lowest BCUT2D eigenvalue weighted by molar-refractivity contribution is 0.670. The fourth-order valence-corrected chi connectivity index (χ4v) is 9.52. The standard InChI is InChI=1S/C50H31NOS/c1-3-13-32(14-4-1)38-29-30-44(48-42-20-9-10-24-45(42)52-49(38)48)51(43-23-11-18-35-26-25-34-17-7-8-19-37(34)47(35)43)36-27-28-40-41-22-12-21-39(33-15-5-2-6-16-33)50(41)53-46(40)31-36/h1-31H. The van der Waals surface area contributed by atoms with E-state index in [4.69, 9.17) is 4.42 Å². The lowest BCUT2D eigenvalue weighted by Crippen LogP contribution is -2.11. The minimum Gasteiger partial charge on any atom is -0.455 e. The first kappa shape index (κ1) is 30.0. The summed E-state index contributed by atoms with van der Waals surface area (Å²) in [6.45, 7) is 0. The molecule has 0 amide bonds. The molecule has 0 spiro atoms. The molecular formula is C50H31NOS. The summed E-state index contributed by atoms with van der Waals surface area (Å²) in [4.78, 5) is 2.47. The normalized spacial score (nSPS) is 11.8. The molecule has 0 aliphatic heterocycles. The van der Waals surface area contributed by atoms with Gasteiger partial charge in [-0.1, -0.05) is 152 Å². The van der Waals surface area contributed by atoms with Crippen molar-refractivity contribution >= 4 is 92.1 Å². The summed E-state index contributed by atoms with van der Waals surface area (Å²) in [6, 6.07) is 67.9. The summed E-state index contributed by atoms with van der Waals surface area (Å²) in [5.41, 5.74) is 9.80. The van der Waals surface area contributed by atoms with Crippen LogP contribution in [0.15, 0.2) is 192 Å². The van der Waals surface area contributed by atoms with Gasteiger partial charge in [-0.05, 0) is 69.2 Å². The second kappa shape index (κ2) is 11.9. The molecule has 0 atom stereocenters. The van der Waals surface area contributed by atoms with Crippen molar-refractivity contribution in [2.24, 2.45) is 0 Å². The van der Waals surface area contributed by atoms with Gasteiger partial charge in [0.2, 0.25) is 0 Å². The van der Waals surface area contributed by atoms with Crippen molar-refractivity contribution in [3.63, 3.8) is 0 Å². The highest BCUT2D eigenvalue weighted by Gasteiger charge is 2.24. The third-order valence-electron chi connectivity index (χ3n) is 10.6. The van der Waals surface area contributed by atoms with E-state index in [2.05, 4.69) is 193 Å². The third kappa shape index (κ3) is 4.71. The fourth-order valence-electron chi connectivity index (χ4n) is 8.25. The summed E-state index contributed by atoms with van der Waals surface area (Å²) in [5, 5.41) is 9.64. The monoisotopic (exact) mass is 693 g/mol. The van der Waals surface area contributed by atoms with Gasteiger partial charge in [0.25, 0.3) is 0 Å². The molecule has 0 unspecified atom stereocenters. The van der Waals surface area contributed by atoms with Crippen LogP contribution in [0.3, 0.4) is 0 Å². The van der Waals surface area contributed by atoms with E-state index in [1.54, 1.807) is 0 Å². The van der Waals surface area contributed by atoms with Crippen LogP contribution in [0.4, 0.5) is 17.1 Å². The predicted molar refractivity (Wildman–Crippen MR) is 227 cm³/mol. The first-order valence-corrected chi connectivity index (χ1v) is 18.8. The fraction of sp³-hybridized carbons (Fsp3) is 0. The molecule has 3 heteroatoms. The number of nitrogens with zero attached hydrogens (tertiary/aromatic N) is 1. The van der Waals surface area contributed by atoms with Crippen LogP contribution in [-0.2, 0) is 0 Å². The first-order chi connectivity index (χ1) is 26.3. The number of fused-ring (bicyclic) bond motifs is 9. The Labute approximate surface area is 310 Å².